The third-order valence-electron chi connectivity index (χ3n) is 4.61. The van der Waals surface area contributed by atoms with Crippen LogP contribution >= 0.6 is 9.64 Å². The Kier molecular flexibility index (Phi) is 12.3. The Labute approximate surface area is 220 Å². The third-order valence-corrected chi connectivity index (χ3v) is 4.61. The summed E-state index contributed by atoms with van der Waals surface area (Å²) < 4.78 is 3.89. The number of halogens is 1. The van der Waals surface area contributed by atoms with E-state index in [1.807, 2.05) is 103 Å². The zero-order chi connectivity index (χ0) is 25.5. The van der Waals surface area contributed by atoms with Crippen molar-refractivity contribution in [2.24, 2.45) is 14.1 Å². The first-order chi connectivity index (χ1) is 17.1. The predicted molar refractivity (Wildman–Crippen MR) is 137 cm³/mol. The standard InChI is InChI=1S/2C9H9N3.C7H10N2.ClH.Os/c2*1-12-7-6-11-9(12)8-4-2-3-5-10-8;1-9(2)7-3-5-8-6-4-7;;/h2*2-7H,1H3;3-6H,1-2H3;1H;/q;;;;+1/p-1. The number of nitrogens with zero attached hydrogens (tertiary/aromatic N) is 8. The Bertz CT molecular complexity index is 1140. The molecule has 0 aliphatic rings. The minimum absolute atomic E-state index is 0.899. The van der Waals surface area contributed by atoms with Crippen LogP contribution in [-0.4, -0.2) is 48.1 Å². The molecule has 0 aromatic carbocycles. The average molecular weight is 666 g/mol. The van der Waals surface area contributed by atoms with Gasteiger partial charge in [-0.15, -0.1) is 0 Å². The summed E-state index contributed by atoms with van der Waals surface area (Å²) in [6.07, 6.45) is 14.5. The van der Waals surface area contributed by atoms with E-state index in [2.05, 4.69) is 34.6 Å². The van der Waals surface area contributed by atoms with Crippen LogP contribution in [-0.2, 0) is 31.7 Å². The zero-order valence-electron chi connectivity index (χ0n) is 20.0. The molecular formula is C25H28ClN8Os. The van der Waals surface area contributed by atoms with Crippen molar-refractivity contribution in [3.8, 4) is 23.0 Å². The predicted octanol–water partition coefficient (Wildman–Crippen LogP) is 4.80. The molecule has 5 heterocycles. The van der Waals surface area contributed by atoms with Gasteiger partial charge in [-0.3, -0.25) is 15.0 Å². The van der Waals surface area contributed by atoms with Crippen LogP contribution in [0, 0.1) is 0 Å². The van der Waals surface area contributed by atoms with Gasteiger partial charge in [-0.05, 0) is 36.4 Å². The third kappa shape index (κ3) is 9.04. The van der Waals surface area contributed by atoms with Crippen LogP contribution in [0.2, 0.25) is 0 Å². The number of hydrogen-bond donors (Lipinski definition) is 0. The van der Waals surface area contributed by atoms with E-state index in [0.717, 1.165) is 23.0 Å². The second kappa shape index (κ2) is 15.5. The molecule has 35 heavy (non-hydrogen) atoms. The van der Waals surface area contributed by atoms with E-state index in [0.29, 0.717) is 0 Å². The number of hydrogen-bond acceptors (Lipinski definition) is 6. The fourth-order valence-corrected chi connectivity index (χ4v) is 2.86. The van der Waals surface area contributed by atoms with Gasteiger partial charge in [0.05, 0.1) is 0 Å². The Balaban J connectivity index is 0.000000181. The summed E-state index contributed by atoms with van der Waals surface area (Å²) in [6.45, 7) is 0. The van der Waals surface area contributed by atoms with Crippen molar-refractivity contribution in [2.75, 3.05) is 19.0 Å². The Morgan fingerprint density at radius 1 is 0.629 bits per heavy atom. The number of pyridine rings is 3. The average Bonchev–Trinajstić information content (AvgIpc) is 3.55. The second-order valence-electron chi connectivity index (χ2n) is 7.25. The van der Waals surface area contributed by atoms with Gasteiger partial charge in [0.2, 0.25) is 0 Å². The van der Waals surface area contributed by atoms with Crippen molar-refractivity contribution in [1.29, 1.82) is 0 Å². The van der Waals surface area contributed by atoms with Crippen molar-refractivity contribution in [3.05, 3.63) is 98.1 Å². The van der Waals surface area contributed by atoms with E-state index in [1.165, 1.54) is 23.3 Å². The van der Waals surface area contributed by atoms with Gasteiger partial charge in [0.25, 0.3) is 0 Å². The molecule has 10 heteroatoms. The molecule has 5 aromatic rings. The Morgan fingerprint density at radius 3 is 1.37 bits per heavy atom. The molecule has 0 radical (unpaired) electrons. The molecule has 0 aliphatic heterocycles. The fourth-order valence-electron chi connectivity index (χ4n) is 2.86. The molecule has 183 valence electrons. The van der Waals surface area contributed by atoms with Crippen LogP contribution in [0.1, 0.15) is 0 Å². The minimum atomic E-state index is 0.899. The number of imidazole rings is 2. The van der Waals surface area contributed by atoms with Gasteiger partial charge in [-0.1, -0.05) is 12.1 Å². The summed E-state index contributed by atoms with van der Waals surface area (Å²) in [5.74, 6) is 1.80. The number of rotatable bonds is 3. The van der Waals surface area contributed by atoms with Gasteiger partial charge in [0.15, 0.2) is 11.6 Å². The van der Waals surface area contributed by atoms with Gasteiger partial charge in [0, 0.05) is 83.5 Å². The summed E-state index contributed by atoms with van der Waals surface area (Å²) in [5.41, 5.74) is 3.00. The first kappa shape index (κ1) is 27.8. The maximum absolute atomic E-state index is 4.67. The molecule has 0 unspecified atom stereocenters. The molecule has 0 amide bonds. The van der Waals surface area contributed by atoms with Crippen LogP contribution in [0.15, 0.2) is 98.1 Å². The summed E-state index contributed by atoms with van der Waals surface area (Å²) in [4.78, 5) is 22.7. The summed E-state index contributed by atoms with van der Waals surface area (Å²) in [7, 11) is 12.6. The molecule has 0 aliphatic carbocycles. The quantitative estimate of drug-likeness (QED) is 0.276. The van der Waals surface area contributed by atoms with Crippen LogP contribution < -0.4 is 4.90 Å². The van der Waals surface area contributed by atoms with Gasteiger partial charge in [-0.25, -0.2) is 9.97 Å². The van der Waals surface area contributed by atoms with Crippen molar-refractivity contribution in [1.82, 2.24) is 34.1 Å². The van der Waals surface area contributed by atoms with Gasteiger partial charge >= 0.3 is 27.2 Å². The summed E-state index contributed by atoms with van der Waals surface area (Å²) in [6, 6.07) is 15.5. The normalized spacial score (nSPS) is 9.43. The molecule has 0 saturated heterocycles. The van der Waals surface area contributed by atoms with Crippen molar-refractivity contribution < 1.29 is 17.6 Å². The molecule has 0 fully saturated rings. The molecule has 8 nitrogen and oxygen atoms in total. The van der Waals surface area contributed by atoms with Gasteiger partial charge in [0.1, 0.15) is 11.4 Å². The van der Waals surface area contributed by atoms with Crippen LogP contribution in [0.4, 0.5) is 5.69 Å². The molecule has 0 spiro atoms. The molecule has 5 aromatic heterocycles. The fraction of sp³-hybridized carbons (Fsp3) is 0.160. The zero-order valence-corrected chi connectivity index (χ0v) is 23.3. The van der Waals surface area contributed by atoms with E-state index < -0.39 is 0 Å². The molecule has 0 N–H and O–H groups in total. The van der Waals surface area contributed by atoms with E-state index in [1.54, 1.807) is 37.2 Å². The van der Waals surface area contributed by atoms with E-state index in [9.17, 15) is 0 Å². The van der Waals surface area contributed by atoms with Crippen LogP contribution in [0.3, 0.4) is 0 Å². The second-order valence-corrected chi connectivity index (χ2v) is 7.25. The van der Waals surface area contributed by atoms with E-state index in [4.69, 9.17) is 0 Å². The molecular weight excluding hydrogens is 638 g/mol. The van der Waals surface area contributed by atoms with Crippen molar-refractivity contribution >= 4 is 15.3 Å². The number of anilines is 1. The van der Waals surface area contributed by atoms with Crippen molar-refractivity contribution in [2.45, 2.75) is 0 Å². The van der Waals surface area contributed by atoms with Crippen LogP contribution in [0.5, 0.6) is 0 Å². The first-order valence-electron chi connectivity index (χ1n) is 10.5. The Hall–Kier alpha value is -3.40. The topological polar surface area (TPSA) is 77.5 Å². The van der Waals surface area contributed by atoms with Gasteiger partial charge in [-0.2, -0.15) is 0 Å². The van der Waals surface area contributed by atoms with Crippen LogP contribution in [0.25, 0.3) is 23.0 Å². The summed E-state index contributed by atoms with van der Waals surface area (Å²) in [5, 5.41) is 0. The first-order valence-corrected chi connectivity index (χ1v) is 13.7. The van der Waals surface area contributed by atoms with Gasteiger partial charge < -0.3 is 14.0 Å². The SMILES string of the molecule is CN(C)c1ccncc1.Cn1ccnc1-c1ccccn1.Cn1ccnc1-c1ccccn1.[Cl][Os]. The molecule has 0 bridgehead atoms. The Morgan fingerprint density at radius 2 is 1.09 bits per heavy atom. The number of aryl methyl sites for hydroxylation is 2. The maximum atomic E-state index is 4.67. The summed E-state index contributed by atoms with van der Waals surface area (Å²) >= 11 is 1.33. The monoisotopic (exact) mass is 667 g/mol. The number of aromatic nitrogens is 7. The van der Waals surface area contributed by atoms with E-state index in [-0.39, 0.29) is 0 Å². The van der Waals surface area contributed by atoms with Crippen molar-refractivity contribution in [3.63, 3.8) is 0 Å². The molecule has 5 rings (SSSR count). The molecule has 0 atom stereocenters. The van der Waals surface area contributed by atoms with E-state index >= 15 is 0 Å². The molecule has 0 saturated carbocycles.